The fourth-order valence-corrected chi connectivity index (χ4v) is 2.06. The molecule has 2 aromatic rings. The molecular weight excluding hydrogens is 236 g/mol. The summed E-state index contributed by atoms with van der Waals surface area (Å²) < 4.78 is 0. The van der Waals surface area contributed by atoms with Gasteiger partial charge >= 0.3 is 0 Å². The van der Waals surface area contributed by atoms with Gasteiger partial charge in [-0.1, -0.05) is 12.1 Å². The molecule has 1 fully saturated rings. The molecule has 1 heterocycles. The number of nitrogen functional groups attached to an aromatic ring is 1. The van der Waals surface area contributed by atoms with Gasteiger partial charge in [-0.15, -0.1) is 0 Å². The number of aryl methyl sites for hydroxylation is 1. The predicted molar refractivity (Wildman–Crippen MR) is 77.6 cm³/mol. The van der Waals surface area contributed by atoms with Crippen LogP contribution in [0, 0.1) is 13.8 Å². The molecule has 0 unspecified atom stereocenters. The van der Waals surface area contributed by atoms with Gasteiger partial charge in [-0.25, -0.2) is 9.97 Å². The summed E-state index contributed by atoms with van der Waals surface area (Å²) in [6.07, 6.45) is 2.35. The number of hydrogen-bond acceptors (Lipinski definition) is 4. The smallest absolute Gasteiger partial charge is 0.139 e. The lowest BCUT2D eigenvalue weighted by molar-refractivity contribution is 0.928. The van der Waals surface area contributed by atoms with Gasteiger partial charge in [-0.05, 0) is 44.4 Å². The zero-order chi connectivity index (χ0) is 13.4. The lowest BCUT2D eigenvalue weighted by Gasteiger charge is -2.12. The van der Waals surface area contributed by atoms with Gasteiger partial charge in [0.05, 0.1) is 0 Å². The van der Waals surface area contributed by atoms with Crippen molar-refractivity contribution in [1.82, 2.24) is 9.97 Å². The van der Waals surface area contributed by atoms with Crippen molar-refractivity contribution in [2.45, 2.75) is 32.6 Å². The molecule has 19 heavy (non-hydrogen) atoms. The number of anilines is 3. The molecule has 3 N–H and O–H groups in total. The summed E-state index contributed by atoms with van der Waals surface area (Å²) in [5, 5.41) is 3.35. The van der Waals surface area contributed by atoms with Crippen molar-refractivity contribution >= 4 is 17.3 Å². The first-order valence-electron chi connectivity index (χ1n) is 6.61. The molecule has 1 aliphatic carbocycles. The third-order valence-electron chi connectivity index (χ3n) is 3.42. The minimum atomic E-state index is 0.501. The molecule has 0 saturated heterocycles. The van der Waals surface area contributed by atoms with E-state index in [0.29, 0.717) is 11.7 Å². The molecule has 0 spiro atoms. The molecule has 4 nitrogen and oxygen atoms in total. The topological polar surface area (TPSA) is 63.8 Å². The van der Waals surface area contributed by atoms with E-state index in [9.17, 15) is 0 Å². The van der Waals surface area contributed by atoms with Crippen molar-refractivity contribution in [1.29, 1.82) is 0 Å². The van der Waals surface area contributed by atoms with E-state index in [4.69, 9.17) is 5.73 Å². The average molecular weight is 254 g/mol. The Kier molecular flexibility index (Phi) is 2.85. The Bertz CT molecular complexity index is 618. The van der Waals surface area contributed by atoms with E-state index in [1.54, 1.807) is 0 Å². The van der Waals surface area contributed by atoms with Crippen molar-refractivity contribution < 1.29 is 0 Å². The third kappa shape index (κ3) is 2.52. The molecule has 0 bridgehead atoms. The normalized spacial score (nSPS) is 14.4. The minimum absolute atomic E-state index is 0.501. The monoisotopic (exact) mass is 254 g/mol. The second-order valence-electron chi connectivity index (χ2n) is 5.21. The Morgan fingerprint density at radius 2 is 2.00 bits per heavy atom. The molecule has 98 valence electrons. The highest BCUT2D eigenvalue weighted by atomic mass is 15.1. The Morgan fingerprint density at radius 1 is 1.21 bits per heavy atom. The zero-order valence-corrected chi connectivity index (χ0v) is 11.3. The lowest BCUT2D eigenvalue weighted by atomic mass is 10.2. The summed E-state index contributed by atoms with van der Waals surface area (Å²) in [4.78, 5) is 9.00. The molecule has 1 aromatic heterocycles. The summed E-state index contributed by atoms with van der Waals surface area (Å²) in [5.41, 5.74) is 9.13. The number of rotatable bonds is 3. The standard InChI is InChI=1S/C15H18N4/c1-9-4-3-5-12(8-9)17-14-10(2)13(16)18-15(19-14)11-6-7-11/h3-5,8,11H,6-7H2,1-2H3,(H3,16,17,18,19). The van der Waals surface area contributed by atoms with Crippen molar-refractivity contribution in [2.24, 2.45) is 0 Å². The maximum absolute atomic E-state index is 5.98. The van der Waals surface area contributed by atoms with Crippen LogP contribution < -0.4 is 11.1 Å². The number of benzene rings is 1. The van der Waals surface area contributed by atoms with Crippen LogP contribution in [0.15, 0.2) is 24.3 Å². The maximum atomic E-state index is 5.98. The van der Waals surface area contributed by atoms with E-state index in [2.05, 4.69) is 34.3 Å². The van der Waals surface area contributed by atoms with Gasteiger partial charge in [-0.2, -0.15) is 0 Å². The minimum Gasteiger partial charge on any atom is -0.383 e. The molecule has 1 saturated carbocycles. The SMILES string of the molecule is Cc1cccc(Nc2nc(C3CC3)nc(N)c2C)c1. The van der Waals surface area contributed by atoms with Crippen molar-refractivity contribution in [2.75, 3.05) is 11.1 Å². The molecular formula is C15H18N4. The molecule has 0 radical (unpaired) electrons. The van der Waals surface area contributed by atoms with Gasteiger partial charge in [0, 0.05) is 17.2 Å². The van der Waals surface area contributed by atoms with Crippen LogP contribution >= 0.6 is 0 Å². The second-order valence-corrected chi connectivity index (χ2v) is 5.21. The van der Waals surface area contributed by atoms with Crippen LogP contribution in [0.2, 0.25) is 0 Å². The van der Waals surface area contributed by atoms with Gasteiger partial charge in [-0.3, -0.25) is 0 Å². The summed E-state index contributed by atoms with van der Waals surface area (Å²) in [5.74, 6) is 2.77. The Morgan fingerprint density at radius 3 is 2.68 bits per heavy atom. The number of hydrogen-bond donors (Lipinski definition) is 2. The van der Waals surface area contributed by atoms with E-state index in [1.165, 1.54) is 18.4 Å². The quantitative estimate of drug-likeness (QED) is 0.882. The highest BCUT2D eigenvalue weighted by molar-refractivity contribution is 5.64. The molecule has 4 heteroatoms. The van der Waals surface area contributed by atoms with Crippen LogP contribution in [0.4, 0.5) is 17.3 Å². The van der Waals surface area contributed by atoms with Gasteiger partial charge < -0.3 is 11.1 Å². The first-order valence-corrected chi connectivity index (χ1v) is 6.61. The lowest BCUT2D eigenvalue weighted by Crippen LogP contribution is -2.06. The summed E-state index contributed by atoms with van der Waals surface area (Å²) >= 11 is 0. The summed E-state index contributed by atoms with van der Waals surface area (Å²) in [6.45, 7) is 4.02. The van der Waals surface area contributed by atoms with Gasteiger partial charge in [0.2, 0.25) is 0 Å². The van der Waals surface area contributed by atoms with E-state index in [0.717, 1.165) is 22.9 Å². The van der Waals surface area contributed by atoms with Crippen LogP contribution in [0.25, 0.3) is 0 Å². The van der Waals surface area contributed by atoms with Crippen molar-refractivity contribution in [3.8, 4) is 0 Å². The van der Waals surface area contributed by atoms with Gasteiger partial charge in [0.25, 0.3) is 0 Å². The fourth-order valence-electron chi connectivity index (χ4n) is 2.06. The van der Waals surface area contributed by atoms with E-state index in [1.807, 2.05) is 19.1 Å². The third-order valence-corrected chi connectivity index (χ3v) is 3.42. The first-order chi connectivity index (χ1) is 9.13. The first kappa shape index (κ1) is 12.0. The van der Waals surface area contributed by atoms with Crippen molar-refractivity contribution in [3.05, 3.63) is 41.2 Å². The van der Waals surface area contributed by atoms with Gasteiger partial charge in [0.1, 0.15) is 17.5 Å². The van der Waals surface area contributed by atoms with Gasteiger partial charge in [0.15, 0.2) is 0 Å². The Balaban J connectivity index is 1.95. The number of nitrogens with zero attached hydrogens (tertiary/aromatic N) is 2. The van der Waals surface area contributed by atoms with E-state index < -0.39 is 0 Å². The number of aromatic nitrogens is 2. The molecule has 3 rings (SSSR count). The summed E-state index contributed by atoms with van der Waals surface area (Å²) in [6, 6.07) is 8.22. The predicted octanol–water partition coefficient (Wildman–Crippen LogP) is 3.30. The van der Waals surface area contributed by atoms with Crippen LogP contribution in [0.3, 0.4) is 0 Å². The zero-order valence-electron chi connectivity index (χ0n) is 11.3. The molecule has 1 aliphatic rings. The maximum Gasteiger partial charge on any atom is 0.139 e. The van der Waals surface area contributed by atoms with Crippen LogP contribution in [-0.4, -0.2) is 9.97 Å². The Hall–Kier alpha value is -2.10. The van der Waals surface area contributed by atoms with Crippen LogP contribution in [-0.2, 0) is 0 Å². The highest BCUT2D eigenvalue weighted by Crippen LogP contribution is 2.39. The molecule has 0 amide bonds. The van der Waals surface area contributed by atoms with Crippen LogP contribution in [0.5, 0.6) is 0 Å². The molecule has 1 aromatic carbocycles. The van der Waals surface area contributed by atoms with Crippen molar-refractivity contribution in [3.63, 3.8) is 0 Å². The molecule has 0 atom stereocenters. The second kappa shape index (κ2) is 4.53. The Labute approximate surface area is 113 Å². The molecule has 0 aliphatic heterocycles. The van der Waals surface area contributed by atoms with E-state index in [-0.39, 0.29) is 0 Å². The van der Waals surface area contributed by atoms with Crippen LogP contribution in [0.1, 0.15) is 35.7 Å². The summed E-state index contributed by atoms with van der Waals surface area (Å²) in [7, 11) is 0. The highest BCUT2D eigenvalue weighted by Gasteiger charge is 2.27. The number of nitrogens with one attached hydrogen (secondary N) is 1. The fraction of sp³-hybridized carbons (Fsp3) is 0.333. The average Bonchev–Trinajstić information content (AvgIpc) is 3.19. The van der Waals surface area contributed by atoms with E-state index >= 15 is 0 Å². The largest absolute Gasteiger partial charge is 0.383 e. The number of nitrogens with two attached hydrogens (primary N) is 1.